The van der Waals surface area contributed by atoms with Crippen LogP contribution in [-0.2, 0) is 0 Å². The van der Waals surface area contributed by atoms with Gasteiger partial charge in [0.25, 0.3) is 0 Å². The largest absolute Gasteiger partial charge is 0.362 e. The molecular weight excluding hydrogens is 256 g/mol. The maximum Gasteiger partial charge on any atom is 0.204 e. The van der Waals surface area contributed by atoms with Crippen molar-refractivity contribution in [1.82, 2.24) is 4.98 Å². The summed E-state index contributed by atoms with van der Waals surface area (Å²) in [6.45, 7) is 5.01. The van der Waals surface area contributed by atoms with Crippen LogP contribution in [0.2, 0.25) is 0 Å². The number of thiazole rings is 1. The topological polar surface area (TPSA) is 42.0 Å². The van der Waals surface area contributed by atoms with Crippen LogP contribution in [0.3, 0.4) is 0 Å². The first-order valence-electron chi connectivity index (χ1n) is 6.52. The summed E-state index contributed by atoms with van der Waals surface area (Å²) in [5, 5.41) is 4.07. The summed E-state index contributed by atoms with van der Waals surface area (Å²) in [7, 11) is 0. The van der Waals surface area contributed by atoms with E-state index in [4.69, 9.17) is 0 Å². The summed E-state index contributed by atoms with van der Waals surface area (Å²) in [4.78, 5) is 17.3. The number of anilines is 1. The number of carbonyl (C=O) groups excluding carboxylic acids is 1. The number of ketones is 1. The molecule has 0 amide bonds. The fourth-order valence-electron chi connectivity index (χ4n) is 1.79. The second-order valence-corrected chi connectivity index (χ2v) is 5.48. The van der Waals surface area contributed by atoms with Gasteiger partial charge in [-0.1, -0.05) is 48.9 Å². The van der Waals surface area contributed by atoms with Gasteiger partial charge in [0.15, 0.2) is 5.13 Å². The Bertz CT molecular complexity index is 563. The molecule has 0 aliphatic heterocycles. The van der Waals surface area contributed by atoms with Crippen LogP contribution in [-0.4, -0.2) is 17.3 Å². The van der Waals surface area contributed by atoms with Gasteiger partial charge in [-0.25, -0.2) is 4.98 Å². The molecular formula is C15H18N2OS. The van der Waals surface area contributed by atoms with Gasteiger partial charge in [0.2, 0.25) is 5.78 Å². The maximum atomic E-state index is 12.4. The maximum absolute atomic E-state index is 12.4. The summed E-state index contributed by atoms with van der Waals surface area (Å²) in [5.74, 6) is 0.0548. The molecule has 2 aromatic rings. The zero-order valence-electron chi connectivity index (χ0n) is 11.3. The molecule has 100 valence electrons. The minimum Gasteiger partial charge on any atom is -0.362 e. The lowest BCUT2D eigenvalue weighted by Crippen LogP contribution is -2.01. The Morgan fingerprint density at radius 2 is 2.16 bits per heavy atom. The van der Waals surface area contributed by atoms with Gasteiger partial charge in [-0.2, -0.15) is 0 Å². The number of aromatic nitrogens is 1. The highest BCUT2D eigenvalue weighted by Gasteiger charge is 2.14. The van der Waals surface area contributed by atoms with Crippen LogP contribution < -0.4 is 5.32 Å². The summed E-state index contributed by atoms with van der Waals surface area (Å²) in [6, 6.07) is 7.65. The van der Waals surface area contributed by atoms with Crippen LogP contribution >= 0.6 is 11.3 Å². The molecule has 0 aliphatic carbocycles. The average Bonchev–Trinajstić information content (AvgIpc) is 2.88. The molecule has 1 heterocycles. The van der Waals surface area contributed by atoms with Gasteiger partial charge in [0.05, 0.1) is 11.1 Å². The van der Waals surface area contributed by atoms with E-state index in [0.717, 1.165) is 35.6 Å². The molecule has 0 saturated carbocycles. The Labute approximate surface area is 117 Å². The predicted molar refractivity (Wildman–Crippen MR) is 80.1 cm³/mol. The predicted octanol–water partition coefficient (Wildman–Crippen LogP) is 3.89. The third-order valence-electron chi connectivity index (χ3n) is 2.93. The standard InChI is InChI=1S/C15H18N2OS/c1-3-4-9-16-15-17-10-13(19-15)14(18)12-8-6-5-7-11(12)2/h5-8,10H,3-4,9H2,1-2H3,(H,16,17). The van der Waals surface area contributed by atoms with E-state index < -0.39 is 0 Å². The number of rotatable bonds is 6. The summed E-state index contributed by atoms with van der Waals surface area (Å²) < 4.78 is 0. The molecule has 0 saturated heterocycles. The third-order valence-corrected chi connectivity index (χ3v) is 3.88. The molecule has 0 atom stereocenters. The van der Waals surface area contributed by atoms with Gasteiger partial charge < -0.3 is 5.32 Å². The van der Waals surface area contributed by atoms with E-state index in [1.54, 1.807) is 6.20 Å². The lowest BCUT2D eigenvalue weighted by atomic mass is 10.0. The highest BCUT2D eigenvalue weighted by molar-refractivity contribution is 7.17. The summed E-state index contributed by atoms with van der Waals surface area (Å²) in [6.07, 6.45) is 3.92. The summed E-state index contributed by atoms with van der Waals surface area (Å²) in [5.41, 5.74) is 1.76. The van der Waals surface area contributed by atoms with Crippen molar-refractivity contribution in [2.75, 3.05) is 11.9 Å². The molecule has 1 aromatic heterocycles. The van der Waals surface area contributed by atoms with Crippen molar-refractivity contribution in [2.24, 2.45) is 0 Å². The lowest BCUT2D eigenvalue weighted by molar-refractivity contribution is 0.104. The first-order chi connectivity index (χ1) is 9.22. The quantitative estimate of drug-likeness (QED) is 0.641. The number of nitrogens with zero attached hydrogens (tertiary/aromatic N) is 1. The van der Waals surface area contributed by atoms with Crippen LogP contribution in [0, 0.1) is 6.92 Å². The Morgan fingerprint density at radius 1 is 1.37 bits per heavy atom. The second-order valence-electron chi connectivity index (χ2n) is 4.45. The van der Waals surface area contributed by atoms with Gasteiger partial charge in [0, 0.05) is 12.1 Å². The zero-order valence-corrected chi connectivity index (χ0v) is 12.1. The molecule has 2 rings (SSSR count). The zero-order chi connectivity index (χ0) is 13.7. The van der Waals surface area contributed by atoms with Crippen LogP contribution in [0.1, 0.15) is 40.6 Å². The molecule has 0 fully saturated rings. The molecule has 3 nitrogen and oxygen atoms in total. The molecule has 1 aromatic carbocycles. The van der Waals surface area contributed by atoms with E-state index in [0.29, 0.717) is 4.88 Å². The smallest absolute Gasteiger partial charge is 0.204 e. The number of nitrogens with one attached hydrogen (secondary N) is 1. The normalized spacial score (nSPS) is 10.4. The second kappa shape index (κ2) is 6.48. The van der Waals surface area contributed by atoms with Crippen LogP contribution in [0.4, 0.5) is 5.13 Å². The van der Waals surface area contributed by atoms with Gasteiger partial charge in [0.1, 0.15) is 0 Å². The molecule has 19 heavy (non-hydrogen) atoms. The fraction of sp³-hybridized carbons (Fsp3) is 0.333. The fourth-order valence-corrected chi connectivity index (χ4v) is 2.59. The number of hydrogen-bond acceptors (Lipinski definition) is 4. The van der Waals surface area contributed by atoms with Gasteiger partial charge in [-0.05, 0) is 18.9 Å². The molecule has 4 heteroatoms. The minimum atomic E-state index is 0.0548. The summed E-state index contributed by atoms with van der Waals surface area (Å²) >= 11 is 1.42. The van der Waals surface area contributed by atoms with Crippen molar-refractivity contribution in [3.8, 4) is 0 Å². The monoisotopic (exact) mass is 274 g/mol. The minimum absolute atomic E-state index is 0.0548. The van der Waals surface area contributed by atoms with E-state index in [2.05, 4.69) is 17.2 Å². The Balaban J connectivity index is 2.10. The first-order valence-corrected chi connectivity index (χ1v) is 7.34. The van der Waals surface area contributed by atoms with Gasteiger partial charge in [-0.15, -0.1) is 0 Å². The van der Waals surface area contributed by atoms with Crippen molar-refractivity contribution in [3.63, 3.8) is 0 Å². The van der Waals surface area contributed by atoms with Crippen molar-refractivity contribution in [2.45, 2.75) is 26.7 Å². The first kappa shape index (κ1) is 13.7. The lowest BCUT2D eigenvalue weighted by Gasteiger charge is -2.01. The van der Waals surface area contributed by atoms with Gasteiger partial charge in [-0.3, -0.25) is 4.79 Å². The number of benzene rings is 1. The number of unbranched alkanes of at least 4 members (excludes halogenated alkanes) is 1. The number of aryl methyl sites for hydroxylation is 1. The van der Waals surface area contributed by atoms with Crippen molar-refractivity contribution in [3.05, 3.63) is 46.5 Å². The molecule has 0 spiro atoms. The SMILES string of the molecule is CCCCNc1ncc(C(=O)c2ccccc2C)s1. The van der Waals surface area contributed by atoms with E-state index >= 15 is 0 Å². The molecule has 0 radical (unpaired) electrons. The van der Waals surface area contributed by atoms with Crippen LogP contribution in [0.25, 0.3) is 0 Å². The number of carbonyl (C=O) groups is 1. The van der Waals surface area contributed by atoms with E-state index in [-0.39, 0.29) is 5.78 Å². The molecule has 0 bridgehead atoms. The molecule has 0 aliphatic rings. The van der Waals surface area contributed by atoms with Crippen molar-refractivity contribution >= 4 is 22.3 Å². The van der Waals surface area contributed by atoms with Crippen molar-refractivity contribution in [1.29, 1.82) is 0 Å². The van der Waals surface area contributed by atoms with E-state index in [1.165, 1.54) is 11.3 Å². The van der Waals surface area contributed by atoms with E-state index in [9.17, 15) is 4.79 Å². The van der Waals surface area contributed by atoms with Crippen LogP contribution in [0.5, 0.6) is 0 Å². The van der Waals surface area contributed by atoms with E-state index in [1.807, 2.05) is 31.2 Å². The molecule has 1 N–H and O–H groups in total. The van der Waals surface area contributed by atoms with Gasteiger partial charge >= 0.3 is 0 Å². The number of hydrogen-bond donors (Lipinski definition) is 1. The Morgan fingerprint density at radius 3 is 2.89 bits per heavy atom. The molecule has 0 unspecified atom stereocenters. The Hall–Kier alpha value is -1.68. The highest BCUT2D eigenvalue weighted by atomic mass is 32.1. The highest BCUT2D eigenvalue weighted by Crippen LogP contribution is 2.22. The average molecular weight is 274 g/mol. The van der Waals surface area contributed by atoms with Crippen LogP contribution in [0.15, 0.2) is 30.5 Å². The van der Waals surface area contributed by atoms with Crippen molar-refractivity contribution < 1.29 is 4.79 Å². The Kier molecular flexibility index (Phi) is 4.68. The third kappa shape index (κ3) is 3.41.